The van der Waals surface area contributed by atoms with Crippen LogP contribution in [0.1, 0.15) is 25.6 Å². The standard InChI is InChI=1S/C28H55N8O11P3/c1-20-12-36(28(38)30-27(20)37)26-11-29-10-23(47-26)18-43-49(40,32(6)7)35-14-22(3)46-25(16-35)19-44-50(41,33(8)9)34-13-21(2)45-24(15-34)17-42-48(39)31(4)5/h12,21-26,29,48H,10-11,13-19H2,1-9H3,(H,30,37,38)/t21-,22-,23-,24-,25-,26+,49?,50?/m0/s1. The van der Waals surface area contributed by atoms with Gasteiger partial charge in [0.2, 0.25) is 0 Å². The Kier molecular flexibility index (Phi) is 14.8. The Morgan fingerprint density at radius 3 is 1.86 bits per heavy atom. The van der Waals surface area contributed by atoms with Crippen LogP contribution in [0.25, 0.3) is 0 Å². The van der Waals surface area contributed by atoms with E-state index in [9.17, 15) is 23.3 Å². The van der Waals surface area contributed by atoms with Crippen molar-refractivity contribution < 1.29 is 41.5 Å². The second-order valence-corrected chi connectivity index (χ2v) is 20.4. The van der Waals surface area contributed by atoms with E-state index in [0.29, 0.717) is 31.7 Å². The zero-order valence-electron chi connectivity index (χ0n) is 30.5. The first-order valence-electron chi connectivity index (χ1n) is 16.6. The van der Waals surface area contributed by atoms with Crippen molar-refractivity contribution in [3.05, 3.63) is 32.6 Å². The average Bonchev–Trinajstić information content (AvgIpc) is 3.06. The minimum Gasteiger partial charge on any atom is -0.370 e. The van der Waals surface area contributed by atoms with Crippen molar-refractivity contribution in [2.45, 2.75) is 57.5 Å². The second-order valence-electron chi connectivity index (χ2n) is 13.5. The van der Waals surface area contributed by atoms with Crippen LogP contribution in [0.15, 0.2) is 15.8 Å². The Morgan fingerprint density at radius 2 is 1.34 bits per heavy atom. The number of nitrogens with one attached hydrogen (secondary N) is 2. The molecule has 0 aliphatic carbocycles. The Morgan fingerprint density at radius 1 is 0.820 bits per heavy atom. The summed E-state index contributed by atoms with van der Waals surface area (Å²) in [7, 11) is 0.486. The van der Waals surface area contributed by atoms with Gasteiger partial charge in [-0.15, -0.1) is 0 Å². The number of hydrogen-bond acceptors (Lipinski definition) is 12. The monoisotopic (exact) mass is 772 g/mol. The van der Waals surface area contributed by atoms with Crippen LogP contribution < -0.4 is 16.6 Å². The number of ether oxygens (including phenoxy) is 3. The predicted octanol–water partition coefficient (Wildman–Crippen LogP) is 0.851. The highest BCUT2D eigenvalue weighted by atomic mass is 31.2. The summed E-state index contributed by atoms with van der Waals surface area (Å²) < 4.78 is 86.7. The van der Waals surface area contributed by atoms with Gasteiger partial charge in [0, 0.05) is 51.0 Å². The third-order valence-corrected chi connectivity index (χ3v) is 14.7. The van der Waals surface area contributed by atoms with Crippen LogP contribution in [0.2, 0.25) is 0 Å². The van der Waals surface area contributed by atoms with E-state index in [0.717, 1.165) is 0 Å². The molecule has 0 aromatic carbocycles. The molecule has 4 rings (SSSR count). The average molecular weight is 773 g/mol. The molecule has 2 N–H and O–H groups in total. The maximum atomic E-state index is 14.5. The summed E-state index contributed by atoms with van der Waals surface area (Å²) in [5, 5.41) is 3.22. The van der Waals surface area contributed by atoms with Crippen LogP contribution in [-0.4, -0.2) is 165 Å². The van der Waals surface area contributed by atoms with Gasteiger partial charge >= 0.3 is 21.0 Å². The number of aryl methyl sites for hydroxylation is 1. The van der Waals surface area contributed by atoms with E-state index in [1.54, 1.807) is 67.9 Å². The fourth-order valence-corrected chi connectivity index (χ4v) is 10.7. The molecule has 0 bridgehead atoms. The van der Waals surface area contributed by atoms with Gasteiger partial charge in [-0.2, -0.15) is 0 Å². The first-order valence-corrected chi connectivity index (χ1v) is 20.9. The van der Waals surface area contributed by atoms with Gasteiger partial charge in [-0.3, -0.25) is 28.0 Å². The minimum absolute atomic E-state index is 0.0393. The molecule has 22 heteroatoms. The molecule has 3 fully saturated rings. The van der Waals surface area contributed by atoms with E-state index in [1.165, 1.54) is 15.4 Å². The highest BCUT2D eigenvalue weighted by Gasteiger charge is 2.44. The van der Waals surface area contributed by atoms with Gasteiger partial charge in [0.05, 0.1) is 50.3 Å². The van der Waals surface area contributed by atoms with Gasteiger partial charge in [0.25, 0.3) is 13.7 Å². The molecule has 0 amide bonds. The smallest absolute Gasteiger partial charge is 0.345 e. The van der Waals surface area contributed by atoms with Gasteiger partial charge in [0.1, 0.15) is 0 Å². The Labute approximate surface area is 294 Å². The molecule has 19 nitrogen and oxygen atoms in total. The molecule has 50 heavy (non-hydrogen) atoms. The van der Waals surface area contributed by atoms with E-state index in [2.05, 4.69) is 10.3 Å². The quantitative estimate of drug-likeness (QED) is 0.239. The molecule has 1 aromatic rings. The second kappa shape index (κ2) is 17.8. The summed E-state index contributed by atoms with van der Waals surface area (Å²) in [5.41, 5.74) is -0.669. The number of nitrogens with zero attached hydrogens (tertiary/aromatic N) is 6. The molecule has 3 aliphatic rings. The van der Waals surface area contributed by atoms with Crippen LogP contribution in [0, 0.1) is 6.92 Å². The Bertz CT molecular complexity index is 1530. The molecule has 0 spiro atoms. The Balaban J connectivity index is 1.40. The van der Waals surface area contributed by atoms with Crippen molar-refractivity contribution >= 4 is 23.5 Å². The highest BCUT2D eigenvalue weighted by molar-refractivity contribution is 7.54. The maximum Gasteiger partial charge on any atom is 0.345 e. The van der Waals surface area contributed by atoms with Gasteiger partial charge in [0.15, 0.2) is 6.23 Å². The van der Waals surface area contributed by atoms with E-state index in [4.69, 9.17) is 27.8 Å². The lowest BCUT2D eigenvalue weighted by atomic mass is 10.2. The molecular weight excluding hydrogens is 717 g/mol. The van der Waals surface area contributed by atoms with E-state index >= 15 is 0 Å². The first kappa shape index (κ1) is 41.6. The van der Waals surface area contributed by atoms with Crippen molar-refractivity contribution in [2.24, 2.45) is 0 Å². The van der Waals surface area contributed by atoms with Gasteiger partial charge in [-0.05, 0) is 63.1 Å². The van der Waals surface area contributed by atoms with Crippen molar-refractivity contribution in [1.82, 2.24) is 38.2 Å². The maximum absolute atomic E-state index is 14.5. The zero-order valence-corrected chi connectivity index (χ0v) is 33.3. The summed E-state index contributed by atoms with van der Waals surface area (Å²) in [4.78, 5) is 26.6. The van der Waals surface area contributed by atoms with Gasteiger partial charge in [-0.1, -0.05) is 0 Å². The van der Waals surface area contributed by atoms with Crippen LogP contribution in [-0.2, 0) is 41.5 Å². The highest BCUT2D eigenvalue weighted by Crippen LogP contribution is 2.56. The molecule has 4 heterocycles. The minimum atomic E-state index is -3.61. The first-order chi connectivity index (χ1) is 23.4. The lowest BCUT2D eigenvalue weighted by molar-refractivity contribution is -0.0990. The van der Waals surface area contributed by atoms with Crippen LogP contribution >= 0.6 is 23.5 Å². The van der Waals surface area contributed by atoms with Crippen molar-refractivity contribution in [2.75, 3.05) is 101 Å². The largest absolute Gasteiger partial charge is 0.370 e. The van der Waals surface area contributed by atoms with Crippen molar-refractivity contribution in [1.29, 1.82) is 0 Å². The Hall–Kier alpha value is -1.11. The summed E-state index contributed by atoms with van der Waals surface area (Å²) >= 11 is 0. The van der Waals surface area contributed by atoms with Gasteiger partial charge < -0.3 is 33.1 Å². The van der Waals surface area contributed by atoms with Crippen molar-refractivity contribution in [3.63, 3.8) is 0 Å². The number of rotatable bonds is 15. The molecule has 3 aliphatic heterocycles. The molecule has 1 aromatic heterocycles. The molecule has 3 saturated heterocycles. The van der Waals surface area contributed by atoms with Crippen LogP contribution in [0.4, 0.5) is 0 Å². The number of morpholine rings is 3. The predicted molar refractivity (Wildman–Crippen MR) is 188 cm³/mol. The lowest BCUT2D eigenvalue weighted by Crippen LogP contribution is -2.50. The fourth-order valence-electron chi connectivity index (χ4n) is 5.94. The zero-order chi connectivity index (χ0) is 37.0. The molecular formula is C28H55N8O11P3. The SMILES string of the molecule is Cc1cn([C@H]2CNC[C@@H](COP(=O)(N(C)C)N3C[C@@H](COP(=O)(N(C)C)N4C[C@@H](CO[PH](=O)N(C)C)O[C@@H](C)C4)O[C@@H](C)C3)O2)c(=O)[nH]c1=O. The topological polar surface area (TPSA) is 190 Å². The van der Waals surface area contributed by atoms with Crippen molar-refractivity contribution in [3.8, 4) is 0 Å². The number of H-pyrrole nitrogens is 1. The molecule has 288 valence electrons. The van der Waals surface area contributed by atoms with E-state index < -0.39 is 59.3 Å². The third kappa shape index (κ3) is 10.3. The summed E-state index contributed by atoms with van der Waals surface area (Å²) in [5.74, 6) is 0. The third-order valence-electron chi connectivity index (χ3n) is 8.45. The summed E-state index contributed by atoms with van der Waals surface area (Å²) in [6.07, 6.45) is -1.45. The van der Waals surface area contributed by atoms with E-state index in [-0.39, 0.29) is 45.1 Å². The molecule has 9 atom stereocenters. The number of aromatic nitrogens is 2. The molecule has 3 unspecified atom stereocenters. The number of aromatic amines is 1. The molecule has 0 saturated carbocycles. The lowest BCUT2D eigenvalue weighted by Gasteiger charge is -2.44. The summed E-state index contributed by atoms with van der Waals surface area (Å²) in [6.45, 7) is 7.16. The van der Waals surface area contributed by atoms with E-state index in [1.807, 2.05) is 13.8 Å². The molecule has 0 radical (unpaired) electrons. The number of hydrogen-bond donors (Lipinski definition) is 2. The van der Waals surface area contributed by atoms with Crippen LogP contribution in [0.5, 0.6) is 0 Å². The van der Waals surface area contributed by atoms with Crippen LogP contribution in [0.3, 0.4) is 0 Å². The van der Waals surface area contributed by atoms with Gasteiger partial charge in [-0.25, -0.2) is 28.1 Å². The fraction of sp³-hybridized carbons (Fsp3) is 0.857. The normalized spacial score (nSPS) is 30.4. The summed E-state index contributed by atoms with van der Waals surface area (Å²) in [6, 6.07) is 0.